The summed E-state index contributed by atoms with van der Waals surface area (Å²) in [6, 6.07) is 12.0. The Kier molecular flexibility index (Phi) is 7.08. The van der Waals surface area contributed by atoms with Gasteiger partial charge < -0.3 is 15.0 Å². The number of carbonyl (C=O) groups excluding carboxylic acids is 1. The summed E-state index contributed by atoms with van der Waals surface area (Å²) in [4.78, 5) is 19.1. The third-order valence-corrected chi connectivity index (χ3v) is 4.87. The van der Waals surface area contributed by atoms with Crippen LogP contribution in [0.3, 0.4) is 0 Å². The highest BCUT2D eigenvalue weighted by Crippen LogP contribution is 2.20. The summed E-state index contributed by atoms with van der Waals surface area (Å²) in [5.74, 6) is 1.95. The number of carbonyl (C=O) groups is 1. The summed E-state index contributed by atoms with van der Waals surface area (Å²) in [6.07, 6.45) is 6.79. The quantitative estimate of drug-likeness (QED) is 0.773. The summed E-state index contributed by atoms with van der Waals surface area (Å²) in [5, 5.41) is 2.99. The van der Waals surface area contributed by atoms with Gasteiger partial charge in [-0.15, -0.1) is 0 Å². The second-order valence-corrected chi connectivity index (χ2v) is 6.89. The minimum Gasteiger partial charge on any atom is -0.494 e. The lowest BCUT2D eigenvalue weighted by atomic mass is 10.1. The fourth-order valence-electron chi connectivity index (χ4n) is 3.38. The first-order chi connectivity index (χ1) is 13.3. The number of para-hydroxylation sites is 1. The molecule has 5 nitrogen and oxygen atoms in total. The number of amides is 1. The molecule has 1 amide bonds. The number of aryl methyl sites for hydroxylation is 1. The van der Waals surface area contributed by atoms with Crippen molar-refractivity contribution in [3.05, 3.63) is 53.7 Å². The molecule has 3 rings (SSSR count). The molecule has 5 heteroatoms. The SMILES string of the molecule is CCOc1ccccc1CCC(=O)NCc1ccc(N2CCCCC2)nc1. The molecule has 0 unspecified atom stereocenters. The molecule has 1 saturated heterocycles. The molecule has 0 spiro atoms. The number of pyridine rings is 1. The van der Waals surface area contributed by atoms with Crippen molar-refractivity contribution in [2.24, 2.45) is 0 Å². The number of hydrogen-bond acceptors (Lipinski definition) is 4. The molecular weight excluding hydrogens is 338 g/mol. The molecule has 144 valence electrons. The summed E-state index contributed by atoms with van der Waals surface area (Å²) in [5.41, 5.74) is 2.10. The predicted molar refractivity (Wildman–Crippen MR) is 108 cm³/mol. The average Bonchev–Trinajstić information content (AvgIpc) is 2.73. The molecule has 0 radical (unpaired) electrons. The number of rotatable bonds is 8. The van der Waals surface area contributed by atoms with Crippen molar-refractivity contribution in [2.75, 3.05) is 24.6 Å². The number of nitrogens with zero attached hydrogens (tertiary/aromatic N) is 2. The molecule has 1 aromatic carbocycles. The number of hydrogen-bond donors (Lipinski definition) is 1. The van der Waals surface area contributed by atoms with Crippen LogP contribution >= 0.6 is 0 Å². The second-order valence-electron chi connectivity index (χ2n) is 6.89. The zero-order valence-corrected chi connectivity index (χ0v) is 16.1. The van der Waals surface area contributed by atoms with Crippen LogP contribution in [0.2, 0.25) is 0 Å². The molecule has 1 aliphatic heterocycles. The number of aromatic nitrogens is 1. The standard InChI is InChI=1S/C22H29N3O2/c1-2-27-20-9-5-4-8-19(20)11-13-22(26)24-17-18-10-12-21(23-16-18)25-14-6-3-7-15-25/h4-5,8-10,12,16H,2-3,6-7,11,13-15,17H2,1H3,(H,24,26). The Bertz CT molecular complexity index is 725. The predicted octanol–water partition coefficient (Wildman–Crippen LogP) is 3.72. The average molecular weight is 367 g/mol. The van der Waals surface area contributed by atoms with E-state index in [1.165, 1.54) is 19.3 Å². The fraction of sp³-hybridized carbons (Fsp3) is 0.455. The molecule has 0 bridgehead atoms. The van der Waals surface area contributed by atoms with Gasteiger partial charge in [0, 0.05) is 32.3 Å². The van der Waals surface area contributed by atoms with Crippen LogP contribution in [0.5, 0.6) is 5.75 Å². The highest BCUT2D eigenvalue weighted by molar-refractivity contribution is 5.76. The minimum absolute atomic E-state index is 0.0430. The number of ether oxygens (including phenoxy) is 1. The van der Waals surface area contributed by atoms with E-state index in [1.54, 1.807) is 0 Å². The van der Waals surface area contributed by atoms with Crippen LogP contribution < -0.4 is 15.0 Å². The van der Waals surface area contributed by atoms with E-state index in [2.05, 4.69) is 27.3 Å². The van der Waals surface area contributed by atoms with Gasteiger partial charge >= 0.3 is 0 Å². The molecule has 2 heterocycles. The van der Waals surface area contributed by atoms with Gasteiger partial charge in [-0.25, -0.2) is 4.98 Å². The Labute approximate surface area is 161 Å². The highest BCUT2D eigenvalue weighted by atomic mass is 16.5. The normalized spacial score (nSPS) is 14.0. The molecule has 2 aromatic rings. The maximum absolute atomic E-state index is 12.2. The Morgan fingerprint density at radius 1 is 1.15 bits per heavy atom. The molecular formula is C22H29N3O2. The summed E-state index contributed by atoms with van der Waals surface area (Å²) in [6.45, 7) is 5.29. The summed E-state index contributed by atoms with van der Waals surface area (Å²) >= 11 is 0. The van der Waals surface area contributed by atoms with Crippen molar-refractivity contribution in [3.8, 4) is 5.75 Å². The van der Waals surface area contributed by atoms with Gasteiger partial charge in [0.1, 0.15) is 11.6 Å². The molecule has 0 aliphatic carbocycles. The molecule has 27 heavy (non-hydrogen) atoms. The number of anilines is 1. The molecule has 1 aromatic heterocycles. The van der Waals surface area contributed by atoms with E-state index in [4.69, 9.17) is 4.74 Å². The first kappa shape index (κ1) is 19.2. The fourth-order valence-corrected chi connectivity index (χ4v) is 3.38. The Hall–Kier alpha value is -2.56. The molecule has 1 aliphatic rings. The first-order valence-electron chi connectivity index (χ1n) is 9.93. The Morgan fingerprint density at radius 3 is 2.70 bits per heavy atom. The number of benzene rings is 1. The van der Waals surface area contributed by atoms with Gasteiger partial charge in [0.2, 0.25) is 5.91 Å². The Balaban J connectivity index is 1.45. The van der Waals surface area contributed by atoms with Crippen LogP contribution in [0.1, 0.15) is 43.7 Å². The van der Waals surface area contributed by atoms with Crippen molar-refractivity contribution >= 4 is 11.7 Å². The van der Waals surface area contributed by atoms with Gasteiger partial charge in [0.15, 0.2) is 0 Å². The van der Waals surface area contributed by atoms with Crippen LogP contribution in [0, 0.1) is 0 Å². The lowest BCUT2D eigenvalue weighted by Crippen LogP contribution is -2.30. The minimum atomic E-state index is 0.0430. The maximum atomic E-state index is 12.2. The van der Waals surface area contributed by atoms with Crippen LogP contribution in [-0.4, -0.2) is 30.6 Å². The highest BCUT2D eigenvalue weighted by Gasteiger charge is 2.12. The van der Waals surface area contributed by atoms with Crippen molar-refractivity contribution in [3.63, 3.8) is 0 Å². The molecule has 0 saturated carbocycles. The van der Waals surface area contributed by atoms with Gasteiger partial charge in [0.05, 0.1) is 6.61 Å². The maximum Gasteiger partial charge on any atom is 0.220 e. The zero-order valence-electron chi connectivity index (χ0n) is 16.1. The van der Waals surface area contributed by atoms with E-state index in [0.717, 1.165) is 35.8 Å². The Morgan fingerprint density at radius 2 is 1.96 bits per heavy atom. The zero-order chi connectivity index (χ0) is 18.9. The monoisotopic (exact) mass is 367 g/mol. The number of nitrogens with one attached hydrogen (secondary N) is 1. The van der Waals surface area contributed by atoms with Gasteiger partial charge in [0.25, 0.3) is 0 Å². The second kappa shape index (κ2) is 9.95. The number of piperidine rings is 1. The summed E-state index contributed by atoms with van der Waals surface area (Å²) < 4.78 is 5.62. The van der Waals surface area contributed by atoms with Crippen molar-refractivity contribution in [1.82, 2.24) is 10.3 Å². The summed E-state index contributed by atoms with van der Waals surface area (Å²) in [7, 11) is 0. The van der Waals surface area contributed by atoms with Crippen molar-refractivity contribution < 1.29 is 9.53 Å². The van der Waals surface area contributed by atoms with Crippen molar-refractivity contribution in [1.29, 1.82) is 0 Å². The van der Waals surface area contributed by atoms with Crippen LogP contribution in [0.4, 0.5) is 5.82 Å². The smallest absolute Gasteiger partial charge is 0.220 e. The third kappa shape index (κ3) is 5.71. The molecule has 1 N–H and O–H groups in total. The van der Waals surface area contributed by atoms with Gasteiger partial charge in [-0.1, -0.05) is 24.3 Å². The van der Waals surface area contributed by atoms with Crippen LogP contribution in [0.25, 0.3) is 0 Å². The van der Waals surface area contributed by atoms with Gasteiger partial charge in [-0.2, -0.15) is 0 Å². The van der Waals surface area contributed by atoms with E-state index in [9.17, 15) is 4.79 Å². The van der Waals surface area contributed by atoms with Crippen LogP contribution in [0.15, 0.2) is 42.6 Å². The van der Waals surface area contributed by atoms with E-state index >= 15 is 0 Å². The molecule has 0 atom stereocenters. The van der Waals surface area contributed by atoms with Gasteiger partial charge in [-0.3, -0.25) is 4.79 Å². The van der Waals surface area contributed by atoms with E-state index < -0.39 is 0 Å². The topological polar surface area (TPSA) is 54.5 Å². The van der Waals surface area contributed by atoms with E-state index in [0.29, 0.717) is 26.0 Å². The van der Waals surface area contributed by atoms with E-state index in [1.807, 2.05) is 37.4 Å². The van der Waals surface area contributed by atoms with E-state index in [-0.39, 0.29) is 5.91 Å². The van der Waals surface area contributed by atoms with Crippen LogP contribution in [-0.2, 0) is 17.8 Å². The van der Waals surface area contributed by atoms with Gasteiger partial charge in [-0.05, 0) is 55.9 Å². The lowest BCUT2D eigenvalue weighted by Gasteiger charge is -2.27. The third-order valence-electron chi connectivity index (χ3n) is 4.87. The van der Waals surface area contributed by atoms with Crippen molar-refractivity contribution in [2.45, 2.75) is 45.6 Å². The molecule has 1 fully saturated rings. The first-order valence-corrected chi connectivity index (χ1v) is 9.93. The lowest BCUT2D eigenvalue weighted by molar-refractivity contribution is -0.121. The largest absolute Gasteiger partial charge is 0.494 e.